The molecule has 0 saturated heterocycles. The Balaban J connectivity index is 1.37. The highest BCUT2D eigenvalue weighted by molar-refractivity contribution is 5.64. The molecule has 146 valence electrons. The number of nitrogens with zero attached hydrogens (tertiary/aromatic N) is 4. The molecule has 0 atom stereocenters. The van der Waals surface area contributed by atoms with E-state index < -0.39 is 0 Å². The molecule has 0 radical (unpaired) electrons. The van der Waals surface area contributed by atoms with Crippen molar-refractivity contribution >= 4 is 0 Å². The molecule has 6 nitrogen and oxygen atoms in total. The monoisotopic (exact) mass is 394 g/mol. The summed E-state index contributed by atoms with van der Waals surface area (Å²) in [5.74, 6) is 1.91. The maximum Gasteiger partial charge on any atom is 0.248 e. The molecule has 0 saturated carbocycles. The van der Waals surface area contributed by atoms with Crippen LogP contribution in [0.5, 0.6) is 0 Å². The highest BCUT2D eigenvalue weighted by atomic mass is 16.4. The van der Waals surface area contributed by atoms with E-state index in [1.807, 2.05) is 86.6 Å². The lowest BCUT2D eigenvalue weighted by atomic mass is 10.1. The number of rotatable bonds is 4. The van der Waals surface area contributed by atoms with Gasteiger partial charge in [-0.15, -0.1) is 20.4 Å². The molecule has 0 spiro atoms. The Morgan fingerprint density at radius 3 is 0.900 bits per heavy atom. The van der Waals surface area contributed by atoms with Crippen molar-refractivity contribution in [3.05, 3.63) is 83.9 Å². The fraction of sp³-hybridized carbons (Fsp3) is 0.0833. The topological polar surface area (TPSA) is 77.8 Å². The van der Waals surface area contributed by atoms with Crippen molar-refractivity contribution in [2.45, 2.75) is 13.8 Å². The van der Waals surface area contributed by atoms with Gasteiger partial charge in [0.25, 0.3) is 0 Å². The lowest BCUT2D eigenvalue weighted by Gasteiger charge is -1.98. The van der Waals surface area contributed by atoms with E-state index in [1.54, 1.807) is 0 Å². The maximum atomic E-state index is 5.84. The van der Waals surface area contributed by atoms with Crippen LogP contribution >= 0.6 is 0 Å². The third-order valence-corrected chi connectivity index (χ3v) is 4.83. The average Bonchev–Trinajstić information content (AvgIpc) is 3.45. The third-order valence-electron chi connectivity index (χ3n) is 4.83. The smallest absolute Gasteiger partial charge is 0.248 e. The number of aromatic nitrogens is 4. The second-order valence-electron chi connectivity index (χ2n) is 7.13. The van der Waals surface area contributed by atoms with Crippen LogP contribution in [0.25, 0.3) is 45.8 Å². The van der Waals surface area contributed by atoms with Gasteiger partial charge in [-0.3, -0.25) is 0 Å². The van der Waals surface area contributed by atoms with E-state index in [0.717, 1.165) is 22.3 Å². The standard InChI is InChI=1S/C24H18N4O2/c1-15-3-7-17(8-4-15)21-25-27-23(29-21)19-11-13-20(14-12-19)24-28-26-22(30-24)18-9-5-16(2)6-10-18/h3-14H,1-2H3. The molecule has 5 aromatic rings. The Bertz CT molecular complexity index is 1180. The van der Waals surface area contributed by atoms with Gasteiger partial charge < -0.3 is 8.83 Å². The van der Waals surface area contributed by atoms with E-state index in [2.05, 4.69) is 20.4 Å². The molecule has 30 heavy (non-hydrogen) atoms. The highest BCUT2D eigenvalue weighted by Crippen LogP contribution is 2.28. The van der Waals surface area contributed by atoms with Gasteiger partial charge in [0.05, 0.1) is 0 Å². The molecule has 2 heterocycles. The van der Waals surface area contributed by atoms with Gasteiger partial charge in [-0.1, -0.05) is 35.4 Å². The first-order chi connectivity index (χ1) is 14.7. The van der Waals surface area contributed by atoms with Crippen LogP contribution in [-0.4, -0.2) is 20.4 Å². The molecule has 0 fully saturated rings. The van der Waals surface area contributed by atoms with Crippen molar-refractivity contribution in [3.8, 4) is 45.8 Å². The minimum Gasteiger partial charge on any atom is -0.416 e. The molecule has 6 heteroatoms. The maximum absolute atomic E-state index is 5.84. The number of hydrogen-bond donors (Lipinski definition) is 0. The van der Waals surface area contributed by atoms with Crippen molar-refractivity contribution in [3.63, 3.8) is 0 Å². The molecule has 5 rings (SSSR count). The van der Waals surface area contributed by atoms with Crippen molar-refractivity contribution in [1.29, 1.82) is 0 Å². The van der Waals surface area contributed by atoms with Gasteiger partial charge in [-0.05, 0) is 62.4 Å². The van der Waals surface area contributed by atoms with Gasteiger partial charge in [0.1, 0.15) is 0 Å². The van der Waals surface area contributed by atoms with Crippen LogP contribution in [0.2, 0.25) is 0 Å². The Labute approximate surface area is 173 Å². The first kappa shape index (κ1) is 18.0. The van der Waals surface area contributed by atoms with Crippen LogP contribution in [0.4, 0.5) is 0 Å². The average molecular weight is 394 g/mol. The zero-order valence-corrected chi connectivity index (χ0v) is 16.5. The van der Waals surface area contributed by atoms with E-state index in [1.165, 1.54) is 11.1 Å². The van der Waals surface area contributed by atoms with E-state index >= 15 is 0 Å². The number of aryl methyl sites for hydroxylation is 2. The molecule has 2 aromatic heterocycles. The van der Waals surface area contributed by atoms with Crippen molar-refractivity contribution in [2.75, 3.05) is 0 Å². The Morgan fingerprint density at radius 2 is 0.633 bits per heavy atom. The molecule has 0 aliphatic rings. The molecule has 0 unspecified atom stereocenters. The fourth-order valence-electron chi connectivity index (χ4n) is 3.06. The lowest BCUT2D eigenvalue weighted by Crippen LogP contribution is -1.81. The predicted octanol–water partition coefficient (Wildman–Crippen LogP) is 5.74. The van der Waals surface area contributed by atoms with Gasteiger partial charge in [0.2, 0.25) is 23.6 Å². The molecule has 0 bridgehead atoms. The number of hydrogen-bond acceptors (Lipinski definition) is 6. The largest absolute Gasteiger partial charge is 0.416 e. The van der Waals surface area contributed by atoms with Crippen LogP contribution in [0.15, 0.2) is 81.6 Å². The van der Waals surface area contributed by atoms with Crippen LogP contribution < -0.4 is 0 Å². The SMILES string of the molecule is Cc1ccc(-c2nnc(-c3ccc(-c4nnc(-c5ccc(C)cc5)o4)cc3)o2)cc1. The summed E-state index contributed by atoms with van der Waals surface area (Å²) in [5, 5.41) is 16.7. The van der Waals surface area contributed by atoms with E-state index in [4.69, 9.17) is 8.83 Å². The molecule has 0 aliphatic heterocycles. The van der Waals surface area contributed by atoms with Crippen molar-refractivity contribution in [1.82, 2.24) is 20.4 Å². The Kier molecular flexibility index (Phi) is 4.44. The zero-order chi connectivity index (χ0) is 20.5. The summed E-state index contributed by atoms with van der Waals surface area (Å²) >= 11 is 0. The minimum absolute atomic E-state index is 0.461. The summed E-state index contributed by atoms with van der Waals surface area (Å²) < 4.78 is 11.7. The molecular weight excluding hydrogens is 376 g/mol. The van der Waals surface area contributed by atoms with Gasteiger partial charge in [0, 0.05) is 22.3 Å². The van der Waals surface area contributed by atoms with Gasteiger partial charge in [-0.2, -0.15) is 0 Å². The van der Waals surface area contributed by atoms with E-state index in [9.17, 15) is 0 Å². The molecule has 0 N–H and O–H groups in total. The summed E-state index contributed by atoms with van der Waals surface area (Å²) in [6.45, 7) is 4.08. The van der Waals surface area contributed by atoms with E-state index in [0.29, 0.717) is 23.6 Å². The third kappa shape index (κ3) is 3.51. The Hall–Kier alpha value is -4.06. The second-order valence-corrected chi connectivity index (χ2v) is 7.13. The minimum atomic E-state index is 0.461. The van der Waals surface area contributed by atoms with Crippen LogP contribution in [0.1, 0.15) is 11.1 Å². The summed E-state index contributed by atoms with van der Waals surface area (Å²) in [6.07, 6.45) is 0. The highest BCUT2D eigenvalue weighted by Gasteiger charge is 2.13. The summed E-state index contributed by atoms with van der Waals surface area (Å²) in [6, 6.07) is 23.5. The Morgan fingerprint density at radius 1 is 0.400 bits per heavy atom. The first-order valence-corrected chi connectivity index (χ1v) is 9.58. The molecule has 3 aromatic carbocycles. The van der Waals surface area contributed by atoms with Crippen LogP contribution in [-0.2, 0) is 0 Å². The molecule has 0 amide bonds. The summed E-state index contributed by atoms with van der Waals surface area (Å²) in [5.41, 5.74) is 5.79. The fourth-order valence-corrected chi connectivity index (χ4v) is 3.06. The van der Waals surface area contributed by atoms with Crippen LogP contribution in [0, 0.1) is 13.8 Å². The quantitative estimate of drug-likeness (QED) is 0.387. The van der Waals surface area contributed by atoms with Crippen molar-refractivity contribution in [2.24, 2.45) is 0 Å². The first-order valence-electron chi connectivity index (χ1n) is 9.58. The lowest BCUT2D eigenvalue weighted by molar-refractivity contribution is 0.582. The van der Waals surface area contributed by atoms with Gasteiger partial charge in [0.15, 0.2) is 0 Å². The van der Waals surface area contributed by atoms with Gasteiger partial charge >= 0.3 is 0 Å². The van der Waals surface area contributed by atoms with E-state index in [-0.39, 0.29) is 0 Å². The molecular formula is C24H18N4O2. The zero-order valence-electron chi connectivity index (χ0n) is 16.5. The van der Waals surface area contributed by atoms with Gasteiger partial charge in [-0.25, -0.2) is 0 Å². The van der Waals surface area contributed by atoms with Crippen molar-refractivity contribution < 1.29 is 8.83 Å². The molecule has 0 aliphatic carbocycles. The second kappa shape index (κ2) is 7.40. The predicted molar refractivity (Wildman–Crippen MR) is 113 cm³/mol. The number of benzene rings is 3. The summed E-state index contributed by atoms with van der Waals surface area (Å²) in [7, 11) is 0. The van der Waals surface area contributed by atoms with Crippen LogP contribution in [0.3, 0.4) is 0 Å². The normalized spacial score (nSPS) is 11.0. The summed E-state index contributed by atoms with van der Waals surface area (Å²) in [4.78, 5) is 0.